The van der Waals surface area contributed by atoms with E-state index in [9.17, 15) is 9.00 Å². The Kier molecular flexibility index (Phi) is 8.15. The summed E-state index contributed by atoms with van der Waals surface area (Å²) < 4.78 is 28.0. The first-order valence-corrected chi connectivity index (χ1v) is 10.2. The summed E-state index contributed by atoms with van der Waals surface area (Å²) in [6, 6.07) is 7.98. The fourth-order valence-electron chi connectivity index (χ4n) is 2.43. The van der Waals surface area contributed by atoms with Gasteiger partial charge >= 0.3 is 0 Å². The molecule has 0 radical (unpaired) electrons. The molecule has 0 aliphatic carbocycles. The smallest absolute Gasteiger partial charge is 0.232 e. The highest BCUT2D eigenvalue weighted by Crippen LogP contribution is 2.23. The van der Waals surface area contributed by atoms with Gasteiger partial charge in [0.15, 0.2) is 6.29 Å². The van der Waals surface area contributed by atoms with Gasteiger partial charge in [0, 0.05) is 30.6 Å². The van der Waals surface area contributed by atoms with Crippen molar-refractivity contribution in [1.29, 1.82) is 0 Å². The highest BCUT2D eigenvalue weighted by atomic mass is 32.2. The summed E-state index contributed by atoms with van der Waals surface area (Å²) in [6.07, 6.45) is 0.439. The molecular formula is C19H26N2O5S. The van der Waals surface area contributed by atoms with Crippen molar-refractivity contribution in [3.8, 4) is 11.5 Å². The van der Waals surface area contributed by atoms with Gasteiger partial charge in [0.2, 0.25) is 11.8 Å². The van der Waals surface area contributed by atoms with Gasteiger partial charge in [-0.3, -0.25) is 9.00 Å². The number of rotatable bonds is 10. The van der Waals surface area contributed by atoms with E-state index in [2.05, 4.69) is 17.2 Å². The monoisotopic (exact) mass is 394 g/mol. The summed E-state index contributed by atoms with van der Waals surface area (Å²) in [6.45, 7) is 4.08. The van der Waals surface area contributed by atoms with Gasteiger partial charge in [-0.2, -0.15) is 0 Å². The molecule has 1 atom stereocenters. The van der Waals surface area contributed by atoms with E-state index >= 15 is 0 Å². The molecule has 148 valence electrons. The Bertz CT molecular complexity index is 769. The van der Waals surface area contributed by atoms with Crippen LogP contribution in [0.15, 0.2) is 28.7 Å². The first-order valence-electron chi connectivity index (χ1n) is 8.69. The maximum absolute atomic E-state index is 12.3. The lowest BCUT2D eigenvalue weighted by Gasteiger charge is -2.13. The third-order valence-corrected chi connectivity index (χ3v) is 5.26. The second-order valence-electron chi connectivity index (χ2n) is 6.01. The van der Waals surface area contributed by atoms with Crippen LogP contribution in [0.25, 0.3) is 11.5 Å². The first kappa shape index (κ1) is 21.3. The summed E-state index contributed by atoms with van der Waals surface area (Å²) >= 11 is 0. The Balaban J connectivity index is 1.93. The van der Waals surface area contributed by atoms with Crippen LogP contribution in [0.5, 0.6) is 0 Å². The van der Waals surface area contributed by atoms with Gasteiger partial charge in [-0.05, 0) is 31.0 Å². The molecule has 0 aliphatic heterocycles. The number of nitrogens with zero attached hydrogens (tertiary/aromatic N) is 1. The van der Waals surface area contributed by atoms with Gasteiger partial charge in [0.25, 0.3) is 0 Å². The number of aromatic nitrogens is 1. The molecule has 0 bridgehead atoms. The molecule has 0 saturated carbocycles. The van der Waals surface area contributed by atoms with Crippen LogP contribution < -0.4 is 5.32 Å². The number of carbonyl (C=O) groups is 1. The zero-order chi connectivity index (χ0) is 19.8. The third kappa shape index (κ3) is 6.27. The fraction of sp³-hybridized carbons (Fsp3) is 0.474. The zero-order valence-electron chi connectivity index (χ0n) is 16.1. The van der Waals surface area contributed by atoms with Crippen molar-refractivity contribution in [2.45, 2.75) is 32.3 Å². The van der Waals surface area contributed by atoms with Crippen LogP contribution in [0.3, 0.4) is 0 Å². The van der Waals surface area contributed by atoms with Crippen LogP contribution in [-0.4, -0.2) is 47.9 Å². The van der Waals surface area contributed by atoms with Gasteiger partial charge < -0.3 is 19.2 Å². The van der Waals surface area contributed by atoms with Crippen molar-refractivity contribution in [3.63, 3.8) is 0 Å². The normalized spacial score (nSPS) is 12.3. The SMILES string of the molecule is CCc1ccc(-c2nc(CS(=O)CC(=O)NCC(OC)OC)c(C)o2)cc1. The molecule has 0 fully saturated rings. The molecule has 1 amide bonds. The molecule has 0 spiro atoms. The van der Waals surface area contributed by atoms with Crippen LogP contribution >= 0.6 is 0 Å². The summed E-state index contributed by atoms with van der Waals surface area (Å²) in [5.74, 6) is 0.816. The van der Waals surface area contributed by atoms with Crippen LogP contribution in [0, 0.1) is 6.92 Å². The van der Waals surface area contributed by atoms with Crippen LogP contribution in [-0.2, 0) is 37.2 Å². The summed E-state index contributed by atoms with van der Waals surface area (Å²) in [4.78, 5) is 16.3. The highest BCUT2D eigenvalue weighted by molar-refractivity contribution is 7.84. The molecule has 0 aliphatic rings. The van der Waals surface area contributed by atoms with Gasteiger partial charge in [-0.15, -0.1) is 0 Å². The van der Waals surface area contributed by atoms with Gasteiger partial charge in [0.1, 0.15) is 11.5 Å². The Morgan fingerprint density at radius 1 is 1.26 bits per heavy atom. The van der Waals surface area contributed by atoms with Crippen LogP contribution in [0.2, 0.25) is 0 Å². The summed E-state index contributed by atoms with van der Waals surface area (Å²) in [7, 11) is 1.58. The van der Waals surface area contributed by atoms with Crippen molar-refractivity contribution in [2.75, 3.05) is 26.5 Å². The standard InChI is InChI=1S/C19H26N2O5S/c1-5-14-6-8-15(9-7-14)19-21-16(13(2)26-19)11-27(23)12-17(22)20-10-18(24-3)25-4/h6-9,18H,5,10-12H2,1-4H3,(H,20,22). The van der Waals surface area contributed by atoms with Crippen molar-refractivity contribution in [1.82, 2.24) is 10.3 Å². The maximum Gasteiger partial charge on any atom is 0.232 e. The zero-order valence-corrected chi connectivity index (χ0v) is 16.9. The lowest BCUT2D eigenvalue weighted by Crippen LogP contribution is -2.36. The van der Waals surface area contributed by atoms with Crippen LogP contribution in [0.4, 0.5) is 0 Å². The minimum absolute atomic E-state index is 0.118. The second-order valence-corrected chi connectivity index (χ2v) is 7.46. The second kappa shape index (κ2) is 10.3. The summed E-state index contributed by atoms with van der Waals surface area (Å²) in [5.41, 5.74) is 2.70. The van der Waals surface area contributed by atoms with E-state index in [0.29, 0.717) is 17.3 Å². The number of hydrogen-bond donors (Lipinski definition) is 1. The lowest BCUT2D eigenvalue weighted by molar-refractivity contribution is -0.125. The number of hydrogen-bond acceptors (Lipinski definition) is 6. The molecule has 7 nitrogen and oxygen atoms in total. The third-order valence-electron chi connectivity index (χ3n) is 4.08. The van der Waals surface area contributed by atoms with E-state index < -0.39 is 17.1 Å². The van der Waals surface area contributed by atoms with Crippen molar-refractivity contribution in [2.24, 2.45) is 0 Å². The first-order chi connectivity index (χ1) is 13.0. The van der Waals surface area contributed by atoms with Gasteiger partial charge in [-0.25, -0.2) is 4.98 Å². The van der Waals surface area contributed by atoms with Crippen molar-refractivity contribution < 1.29 is 22.9 Å². The maximum atomic E-state index is 12.3. The quantitative estimate of drug-likeness (QED) is 0.621. The molecule has 1 aromatic carbocycles. The van der Waals surface area contributed by atoms with E-state index in [4.69, 9.17) is 13.9 Å². The number of benzene rings is 1. The number of amides is 1. The van der Waals surface area contributed by atoms with Crippen molar-refractivity contribution >= 4 is 16.7 Å². The van der Waals surface area contributed by atoms with E-state index in [1.807, 2.05) is 24.3 Å². The number of ether oxygens (including phenoxy) is 2. The average Bonchev–Trinajstić information content (AvgIpc) is 3.03. The number of nitrogens with one attached hydrogen (secondary N) is 1. The Morgan fingerprint density at radius 2 is 1.93 bits per heavy atom. The van der Waals surface area contributed by atoms with Gasteiger partial charge in [-0.1, -0.05) is 19.1 Å². The van der Waals surface area contributed by atoms with E-state index in [1.54, 1.807) is 6.92 Å². The van der Waals surface area contributed by atoms with Gasteiger partial charge in [0.05, 0.1) is 18.0 Å². The lowest BCUT2D eigenvalue weighted by atomic mass is 10.1. The number of carbonyl (C=O) groups excluding carboxylic acids is 1. The molecule has 1 aromatic heterocycles. The highest BCUT2D eigenvalue weighted by Gasteiger charge is 2.16. The van der Waals surface area contributed by atoms with E-state index in [0.717, 1.165) is 12.0 Å². The molecule has 1 unspecified atom stereocenters. The largest absolute Gasteiger partial charge is 0.441 e. The minimum Gasteiger partial charge on any atom is -0.441 e. The number of aryl methyl sites for hydroxylation is 2. The fourth-order valence-corrected chi connectivity index (χ4v) is 3.50. The average molecular weight is 394 g/mol. The van der Waals surface area contributed by atoms with E-state index in [1.165, 1.54) is 19.8 Å². The Morgan fingerprint density at radius 3 is 2.52 bits per heavy atom. The minimum atomic E-state index is -1.39. The topological polar surface area (TPSA) is 90.7 Å². The van der Waals surface area contributed by atoms with Crippen LogP contribution in [0.1, 0.15) is 23.9 Å². The Hall–Kier alpha value is -2.03. The molecule has 2 rings (SSSR count). The predicted molar refractivity (Wildman–Crippen MR) is 104 cm³/mol. The molecule has 1 heterocycles. The molecule has 27 heavy (non-hydrogen) atoms. The molecule has 0 saturated heterocycles. The number of methoxy groups -OCH3 is 2. The molecule has 1 N–H and O–H groups in total. The van der Waals surface area contributed by atoms with Crippen molar-refractivity contribution in [3.05, 3.63) is 41.3 Å². The predicted octanol–water partition coefficient (Wildman–Crippen LogP) is 2.20. The molecule has 8 heteroatoms. The number of oxazole rings is 1. The Labute approximate surface area is 161 Å². The molecule has 2 aromatic rings. The summed E-state index contributed by atoms with van der Waals surface area (Å²) in [5, 5.41) is 2.63. The van der Waals surface area contributed by atoms with E-state index in [-0.39, 0.29) is 24.0 Å². The molecular weight excluding hydrogens is 368 g/mol.